The third kappa shape index (κ3) is 3.02. The average molecular weight is 235 g/mol. The summed E-state index contributed by atoms with van der Waals surface area (Å²) >= 11 is 1.94. The first kappa shape index (κ1) is 12.0. The Morgan fingerprint density at radius 2 is 2.12 bits per heavy atom. The van der Waals surface area contributed by atoms with Crippen LogP contribution in [0.5, 0.6) is 0 Å². The summed E-state index contributed by atoms with van der Waals surface area (Å²) in [4.78, 5) is 0. The van der Waals surface area contributed by atoms with Crippen molar-refractivity contribution in [3.8, 4) is 0 Å². The molecule has 0 radical (unpaired) electrons. The summed E-state index contributed by atoms with van der Waals surface area (Å²) in [7, 11) is 0. The number of nitrogens with one attached hydrogen (secondary N) is 1. The van der Waals surface area contributed by atoms with Gasteiger partial charge in [0.2, 0.25) is 0 Å². The van der Waals surface area contributed by atoms with Crippen LogP contribution in [0.3, 0.4) is 0 Å². The molecule has 1 N–H and O–H groups in total. The van der Waals surface area contributed by atoms with Crippen LogP contribution in [0.15, 0.2) is 24.3 Å². The van der Waals surface area contributed by atoms with E-state index in [9.17, 15) is 0 Å². The number of hydrogen-bond acceptors (Lipinski definition) is 2. The van der Waals surface area contributed by atoms with Crippen LogP contribution >= 0.6 is 11.8 Å². The topological polar surface area (TPSA) is 12.0 Å². The average Bonchev–Trinajstić information content (AvgIpc) is 2.35. The van der Waals surface area contributed by atoms with Crippen molar-refractivity contribution in [3.63, 3.8) is 0 Å². The fourth-order valence-electron chi connectivity index (χ4n) is 2.29. The molecule has 1 aliphatic rings. The van der Waals surface area contributed by atoms with Gasteiger partial charge in [0.15, 0.2) is 0 Å². The van der Waals surface area contributed by atoms with Crippen molar-refractivity contribution < 1.29 is 0 Å². The maximum absolute atomic E-state index is 3.69. The third-order valence-electron chi connectivity index (χ3n) is 3.44. The van der Waals surface area contributed by atoms with E-state index in [4.69, 9.17) is 0 Å². The molecule has 1 aromatic rings. The van der Waals surface area contributed by atoms with E-state index in [2.05, 4.69) is 42.8 Å². The van der Waals surface area contributed by atoms with E-state index in [-0.39, 0.29) is 0 Å². The second-order valence-corrected chi connectivity index (χ2v) is 5.94. The maximum atomic E-state index is 3.69. The molecule has 2 atom stereocenters. The molecule has 0 bridgehead atoms. The highest BCUT2D eigenvalue weighted by atomic mass is 32.2. The highest BCUT2D eigenvalue weighted by Gasteiger charge is 2.17. The molecule has 0 spiro atoms. The van der Waals surface area contributed by atoms with Crippen molar-refractivity contribution in [1.29, 1.82) is 0 Å². The molecule has 0 amide bonds. The first-order valence-electron chi connectivity index (χ1n) is 6.12. The molecule has 2 unspecified atom stereocenters. The van der Waals surface area contributed by atoms with Crippen molar-refractivity contribution in [2.45, 2.75) is 37.5 Å². The number of fused-ring (bicyclic) bond motifs is 1. The van der Waals surface area contributed by atoms with Crippen LogP contribution < -0.4 is 5.32 Å². The summed E-state index contributed by atoms with van der Waals surface area (Å²) in [6, 6.07) is 9.55. The molecule has 0 aromatic heterocycles. The van der Waals surface area contributed by atoms with Gasteiger partial charge >= 0.3 is 0 Å². The number of hydrogen-bond donors (Lipinski definition) is 1. The zero-order valence-electron chi connectivity index (χ0n) is 10.2. The lowest BCUT2D eigenvalue weighted by Crippen LogP contribution is -2.37. The van der Waals surface area contributed by atoms with Crippen molar-refractivity contribution in [3.05, 3.63) is 35.4 Å². The summed E-state index contributed by atoms with van der Waals surface area (Å²) in [6.45, 7) is 3.42. The summed E-state index contributed by atoms with van der Waals surface area (Å²) < 4.78 is 0. The number of benzene rings is 1. The first-order chi connectivity index (χ1) is 7.79. The summed E-state index contributed by atoms with van der Waals surface area (Å²) in [5, 5.41) is 4.41. The van der Waals surface area contributed by atoms with Crippen LogP contribution in [0.4, 0.5) is 0 Å². The predicted molar refractivity (Wildman–Crippen MR) is 73.2 cm³/mol. The van der Waals surface area contributed by atoms with Crippen LogP contribution in [-0.2, 0) is 12.8 Å². The quantitative estimate of drug-likeness (QED) is 0.861. The SMILES string of the molecule is CSC(C)CNC1CCc2ccccc2C1. The van der Waals surface area contributed by atoms with Gasteiger partial charge in [0.25, 0.3) is 0 Å². The van der Waals surface area contributed by atoms with E-state index < -0.39 is 0 Å². The van der Waals surface area contributed by atoms with Gasteiger partial charge in [0.05, 0.1) is 0 Å². The van der Waals surface area contributed by atoms with E-state index in [0.29, 0.717) is 6.04 Å². The molecule has 0 fully saturated rings. The zero-order chi connectivity index (χ0) is 11.4. The van der Waals surface area contributed by atoms with E-state index in [1.807, 2.05) is 11.8 Å². The molecular formula is C14H21NS. The van der Waals surface area contributed by atoms with Gasteiger partial charge < -0.3 is 5.32 Å². The van der Waals surface area contributed by atoms with Crippen molar-refractivity contribution in [2.24, 2.45) is 0 Å². The number of aryl methyl sites for hydroxylation is 1. The summed E-state index contributed by atoms with van der Waals surface area (Å²) in [5.41, 5.74) is 3.10. The Bertz CT molecular complexity index is 337. The Balaban J connectivity index is 1.88. The van der Waals surface area contributed by atoms with Crippen molar-refractivity contribution in [2.75, 3.05) is 12.8 Å². The van der Waals surface area contributed by atoms with Gasteiger partial charge in [0.1, 0.15) is 0 Å². The standard InChI is InChI=1S/C14H21NS/c1-11(16-2)10-15-14-8-7-12-5-3-4-6-13(12)9-14/h3-6,11,14-15H,7-10H2,1-2H3. The molecule has 2 heteroatoms. The fraction of sp³-hybridized carbons (Fsp3) is 0.571. The lowest BCUT2D eigenvalue weighted by Gasteiger charge is -2.26. The van der Waals surface area contributed by atoms with Gasteiger partial charge in [0, 0.05) is 17.8 Å². The second-order valence-electron chi connectivity index (χ2n) is 4.66. The Labute approximate surface area is 103 Å². The lowest BCUT2D eigenvalue weighted by atomic mass is 9.88. The van der Waals surface area contributed by atoms with Gasteiger partial charge in [-0.2, -0.15) is 11.8 Å². The Morgan fingerprint density at radius 1 is 1.38 bits per heavy atom. The largest absolute Gasteiger partial charge is 0.313 e. The summed E-state index contributed by atoms with van der Waals surface area (Å²) in [5.74, 6) is 0. The maximum Gasteiger partial charge on any atom is 0.0141 e. The monoisotopic (exact) mass is 235 g/mol. The van der Waals surface area contributed by atoms with E-state index >= 15 is 0 Å². The zero-order valence-corrected chi connectivity index (χ0v) is 11.0. The smallest absolute Gasteiger partial charge is 0.0141 e. The van der Waals surface area contributed by atoms with Crippen molar-refractivity contribution >= 4 is 11.8 Å². The van der Waals surface area contributed by atoms with Crippen molar-refractivity contribution in [1.82, 2.24) is 5.32 Å². The molecule has 1 nitrogen and oxygen atoms in total. The molecule has 1 aromatic carbocycles. The minimum absolute atomic E-state index is 0.685. The highest BCUT2D eigenvalue weighted by Crippen LogP contribution is 2.21. The van der Waals surface area contributed by atoms with E-state index in [1.165, 1.54) is 19.3 Å². The first-order valence-corrected chi connectivity index (χ1v) is 7.41. The predicted octanol–water partition coefficient (Wildman–Crippen LogP) is 2.89. The minimum Gasteiger partial charge on any atom is -0.313 e. The molecule has 16 heavy (non-hydrogen) atoms. The molecule has 0 saturated heterocycles. The van der Waals surface area contributed by atoms with Crippen LogP contribution in [0.2, 0.25) is 0 Å². The molecule has 1 aliphatic carbocycles. The Kier molecular flexibility index (Phi) is 4.30. The van der Waals surface area contributed by atoms with E-state index in [1.54, 1.807) is 11.1 Å². The van der Waals surface area contributed by atoms with Gasteiger partial charge in [-0.1, -0.05) is 31.2 Å². The van der Waals surface area contributed by atoms with Crippen LogP contribution in [0, 0.1) is 0 Å². The molecular weight excluding hydrogens is 214 g/mol. The van der Waals surface area contributed by atoms with Gasteiger partial charge in [-0.3, -0.25) is 0 Å². The Morgan fingerprint density at radius 3 is 2.88 bits per heavy atom. The van der Waals surface area contributed by atoms with Gasteiger partial charge in [-0.05, 0) is 36.6 Å². The minimum atomic E-state index is 0.685. The fourth-order valence-corrected chi connectivity index (χ4v) is 2.55. The molecule has 88 valence electrons. The Hall–Kier alpha value is -0.470. The lowest BCUT2D eigenvalue weighted by molar-refractivity contribution is 0.461. The van der Waals surface area contributed by atoms with Crippen LogP contribution in [-0.4, -0.2) is 24.1 Å². The molecule has 0 aliphatic heterocycles. The third-order valence-corrected chi connectivity index (χ3v) is 4.41. The molecule has 0 saturated carbocycles. The normalized spacial score (nSPS) is 21.5. The highest BCUT2D eigenvalue weighted by molar-refractivity contribution is 7.99. The molecule has 0 heterocycles. The van der Waals surface area contributed by atoms with Gasteiger partial charge in [-0.15, -0.1) is 0 Å². The number of rotatable bonds is 4. The summed E-state index contributed by atoms with van der Waals surface area (Å²) in [6.07, 6.45) is 5.92. The second kappa shape index (κ2) is 5.74. The van der Waals surface area contributed by atoms with E-state index in [0.717, 1.165) is 11.8 Å². The van der Waals surface area contributed by atoms with Crippen LogP contribution in [0.1, 0.15) is 24.5 Å². The molecule has 2 rings (SSSR count). The number of thioether (sulfide) groups is 1. The van der Waals surface area contributed by atoms with Gasteiger partial charge in [-0.25, -0.2) is 0 Å². The van der Waals surface area contributed by atoms with Crippen LogP contribution in [0.25, 0.3) is 0 Å².